The van der Waals surface area contributed by atoms with Crippen molar-refractivity contribution in [2.75, 3.05) is 5.32 Å². The van der Waals surface area contributed by atoms with E-state index in [2.05, 4.69) is 15.7 Å². The van der Waals surface area contributed by atoms with E-state index in [0.29, 0.717) is 11.7 Å². The van der Waals surface area contributed by atoms with E-state index in [0.717, 1.165) is 22.7 Å². The van der Waals surface area contributed by atoms with Gasteiger partial charge in [-0.1, -0.05) is 41.9 Å². The van der Waals surface area contributed by atoms with E-state index in [1.54, 1.807) is 10.7 Å². The molecule has 4 rings (SSSR count). The molecule has 25 heavy (non-hydrogen) atoms. The molecule has 2 atom stereocenters. The summed E-state index contributed by atoms with van der Waals surface area (Å²) in [6.45, 7) is 0. The second-order valence-electron chi connectivity index (χ2n) is 6.08. The molecule has 0 bridgehead atoms. The summed E-state index contributed by atoms with van der Waals surface area (Å²) in [6, 6.07) is 19.2. The molecule has 1 aliphatic rings. The molecular formula is C19H17ClN4O. The minimum atomic E-state index is -0.243. The molecule has 5 nitrogen and oxygen atoms in total. The van der Waals surface area contributed by atoms with Crippen molar-refractivity contribution in [2.24, 2.45) is 0 Å². The highest BCUT2D eigenvalue weighted by atomic mass is 35.5. The molecule has 6 heteroatoms. The van der Waals surface area contributed by atoms with E-state index in [4.69, 9.17) is 11.6 Å². The van der Waals surface area contributed by atoms with Gasteiger partial charge in [-0.15, -0.1) is 5.10 Å². The van der Waals surface area contributed by atoms with Crippen LogP contribution in [0.3, 0.4) is 0 Å². The lowest BCUT2D eigenvalue weighted by Crippen LogP contribution is -2.31. The Bertz CT molecular complexity index is 893. The summed E-state index contributed by atoms with van der Waals surface area (Å²) in [7, 11) is 0. The van der Waals surface area contributed by atoms with Crippen LogP contribution in [0.1, 0.15) is 17.9 Å². The molecule has 1 aromatic heterocycles. The predicted molar refractivity (Wildman–Crippen MR) is 98.3 cm³/mol. The largest absolute Gasteiger partial charge is 0.334 e. The van der Waals surface area contributed by atoms with Gasteiger partial charge in [0.2, 0.25) is 0 Å². The molecule has 0 aliphatic heterocycles. The summed E-state index contributed by atoms with van der Waals surface area (Å²) >= 11 is 6.02. The minimum Gasteiger partial charge on any atom is -0.334 e. The van der Waals surface area contributed by atoms with Crippen molar-refractivity contribution in [3.63, 3.8) is 0 Å². The van der Waals surface area contributed by atoms with E-state index in [1.807, 2.05) is 60.8 Å². The van der Waals surface area contributed by atoms with Gasteiger partial charge in [0.15, 0.2) is 5.82 Å². The van der Waals surface area contributed by atoms with Crippen molar-refractivity contribution >= 4 is 23.4 Å². The molecule has 3 aromatic rings. The number of carbonyl (C=O) groups is 1. The topological polar surface area (TPSA) is 59.0 Å². The minimum absolute atomic E-state index is 0.134. The van der Waals surface area contributed by atoms with Crippen molar-refractivity contribution in [2.45, 2.75) is 18.4 Å². The van der Waals surface area contributed by atoms with Gasteiger partial charge in [-0.25, -0.2) is 9.48 Å². The quantitative estimate of drug-likeness (QED) is 0.739. The van der Waals surface area contributed by atoms with Crippen LogP contribution in [0.25, 0.3) is 5.69 Å². The third kappa shape index (κ3) is 3.67. The van der Waals surface area contributed by atoms with Gasteiger partial charge in [-0.05, 0) is 36.2 Å². The number of halogens is 1. The zero-order valence-corrected chi connectivity index (χ0v) is 14.1. The zero-order valence-electron chi connectivity index (χ0n) is 13.4. The van der Waals surface area contributed by atoms with Crippen LogP contribution in [0.2, 0.25) is 5.02 Å². The van der Waals surface area contributed by atoms with Gasteiger partial charge in [0.05, 0.1) is 5.69 Å². The van der Waals surface area contributed by atoms with Crippen LogP contribution in [0.4, 0.5) is 10.6 Å². The van der Waals surface area contributed by atoms with Crippen molar-refractivity contribution in [3.8, 4) is 5.69 Å². The zero-order chi connectivity index (χ0) is 17.2. The van der Waals surface area contributed by atoms with Gasteiger partial charge in [-0.2, -0.15) is 0 Å². The maximum absolute atomic E-state index is 12.2. The first kappa shape index (κ1) is 15.7. The van der Waals surface area contributed by atoms with E-state index in [-0.39, 0.29) is 12.1 Å². The summed E-state index contributed by atoms with van der Waals surface area (Å²) in [5.74, 6) is 0.840. The monoisotopic (exact) mass is 352 g/mol. The Kier molecular flexibility index (Phi) is 4.15. The Morgan fingerprint density at radius 2 is 1.96 bits per heavy atom. The molecule has 1 fully saturated rings. The normalized spacial score (nSPS) is 18.6. The fourth-order valence-electron chi connectivity index (χ4n) is 2.90. The van der Waals surface area contributed by atoms with E-state index in [1.165, 1.54) is 0 Å². The second kappa shape index (κ2) is 6.61. The lowest BCUT2D eigenvalue weighted by atomic mass is 10.1. The van der Waals surface area contributed by atoms with Gasteiger partial charge in [-0.3, -0.25) is 5.32 Å². The van der Waals surface area contributed by atoms with Gasteiger partial charge in [0.25, 0.3) is 0 Å². The summed E-state index contributed by atoms with van der Waals surface area (Å²) in [6.07, 6.45) is 2.74. The molecule has 0 unspecified atom stereocenters. The molecule has 126 valence electrons. The number of hydrogen-bond donors (Lipinski definition) is 2. The van der Waals surface area contributed by atoms with E-state index < -0.39 is 0 Å². The molecule has 0 saturated heterocycles. The third-order valence-electron chi connectivity index (χ3n) is 4.24. The smallest absolute Gasteiger partial charge is 0.320 e. The number of amides is 2. The molecule has 2 aromatic carbocycles. The Hall–Kier alpha value is -2.79. The Morgan fingerprint density at radius 3 is 2.76 bits per heavy atom. The molecule has 0 radical (unpaired) electrons. The maximum Gasteiger partial charge on any atom is 0.320 e. The fraction of sp³-hybridized carbons (Fsp3) is 0.158. The van der Waals surface area contributed by atoms with Crippen LogP contribution in [-0.4, -0.2) is 21.9 Å². The molecule has 1 aliphatic carbocycles. The standard InChI is InChI=1S/C19H17ClN4O/c20-14-6-4-5-13(11-14)16-12-17(16)21-19(25)22-18-9-10-24(23-18)15-7-2-1-3-8-15/h1-11,16-17H,12H2,(H2,21,22,23,25)/t16-,17-/m0/s1. The van der Waals surface area contributed by atoms with Gasteiger partial charge < -0.3 is 5.32 Å². The maximum atomic E-state index is 12.2. The number of anilines is 1. The lowest BCUT2D eigenvalue weighted by molar-refractivity contribution is 0.251. The van der Waals surface area contributed by atoms with Crippen molar-refractivity contribution in [1.82, 2.24) is 15.1 Å². The predicted octanol–water partition coefficient (Wildman–Crippen LogP) is 4.20. The van der Waals surface area contributed by atoms with E-state index in [9.17, 15) is 4.79 Å². The Morgan fingerprint density at radius 1 is 1.12 bits per heavy atom. The SMILES string of the molecule is O=C(Nc1ccn(-c2ccccc2)n1)N[C@H]1C[C@H]1c1cccc(Cl)c1. The number of urea groups is 1. The van der Waals surface area contributed by atoms with Gasteiger partial charge in [0, 0.05) is 29.2 Å². The number of para-hydroxylation sites is 1. The first-order valence-electron chi connectivity index (χ1n) is 8.13. The highest BCUT2D eigenvalue weighted by molar-refractivity contribution is 6.30. The number of nitrogens with one attached hydrogen (secondary N) is 2. The second-order valence-corrected chi connectivity index (χ2v) is 6.52. The molecule has 0 spiro atoms. The fourth-order valence-corrected chi connectivity index (χ4v) is 3.09. The highest BCUT2D eigenvalue weighted by Gasteiger charge is 2.39. The van der Waals surface area contributed by atoms with E-state index >= 15 is 0 Å². The van der Waals surface area contributed by atoms with Crippen LogP contribution in [-0.2, 0) is 0 Å². The number of rotatable bonds is 4. The molecular weight excluding hydrogens is 336 g/mol. The summed E-state index contributed by atoms with van der Waals surface area (Å²) in [5.41, 5.74) is 2.10. The van der Waals surface area contributed by atoms with Crippen LogP contribution in [0, 0.1) is 0 Å². The highest BCUT2D eigenvalue weighted by Crippen LogP contribution is 2.41. The van der Waals surface area contributed by atoms with Crippen LogP contribution >= 0.6 is 11.6 Å². The number of carbonyl (C=O) groups excluding carboxylic acids is 1. The number of nitrogens with zero attached hydrogens (tertiary/aromatic N) is 2. The van der Waals surface area contributed by atoms with Crippen LogP contribution in [0.15, 0.2) is 66.9 Å². The van der Waals surface area contributed by atoms with Crippen LogP contribution < -0.4 is 10.6 Å². The summed E-state index contributed by atoms with van der Waals surface area (Å²) in [4.78, 5) is 12.2. The number of aromatic nitrogens is 2. The van der Waals surface area contributed by atoms with Crippen LogP contribution in [0.5, 0.6) is 0 Å². The van der Waals surface area contributed by atoms with Crippen molar-refractivity contribution in [3.05, 3.63) is 77.4 Å². The average Bonchev–Trinajstić information content (AvgIpc) is 3.22. The number of benzene rings is 2. The summed E-state index contributed by atoms with van der Waals surface area (Å²) in [5, 5.41) is 10.8. The average molecular weight is 353 g/mol. The summed E-state index contributed by atoms with van der Waals surface area (Å²) < 4.78 is 1.72. The Labute approximate surface area is 150 Å². The molecule has 1 saturated carbocycles. The lowest BCUT2D eigenvalue weighted by Gasteiger charge is -2.06. The first-order valence-corrected chi connectivity index (χ1v) is 8.51. The first-order chi connectivity index (χ1) is 12.2. The van der Waals surface area contributed by atoms with Gasteiger partial charge in [0.1, 0.15) is 0 Å². The van der Waals surface area contributed by atoms with Crippen molar-refractivity contribution in [1.29, 1.82) is 0 Å². The number of hydrogen-bond acceptors (Lipinski definition) is 2. The molecule has 2 amide bonds. The van der Waals surface area contributed by atoms with Crippen molar-refractivity contribution < 1.29 is 4.79 Å². The third-order valence-corrected chi connectivity index (χ3v) is 4.47. The van der Waals surface area contributed by atoms with Gasteiger partial charge >= 0.3 is 6.03 Å². The molecule has 1 heterocycles. The Balaban J connectivity index is 1.34. The molecule has 2 N–H and O–H groups in total.